The molecule has 0 heterocycles. The van der Waals surface area contributed by atoms with Gasteiger partial charge in [-0.15, -0.1) is 0 Å². The van der Waals surface area contributed by atoms with Gasteiger partial charge in [0.1, 0.15) is 0 Å². The Hall–Kier alpha value is -0.980. The van der Waals surface area contributed by atoms with Crippen molar-refractivity contribution in [3.8, 4) is 0 Å². The van der Waals surface area contributed by atoms with E-state index in [1.165, 1.54) is 11.1 Å². The lowest BCUT2D eigenvalue weighted by Gasteiger charge is -2.14. The van der Waals surface area contributed by atoms with Gasteiger partial charge in [-0.05, 0) is 29.9 Å². The van der Waals surface area contributed by atoms with E-state index in [1.54, 1.807) is 0 Å². The van der Waals surface area contributed by atoms with Crippen LogP contribution in [-0.2, 0) is 6.42 Å². The second-order valence-electron chi connectivity index (χ2n) is 3.58. The summed E-state index contributed by atoms with van der Waals surface area (Å²) in [6, 6.07) is 6.36. The third-order valence-corrected chi connectivity index (χ3v) is 2.75. The third kappa shape index (κ3) is 2.03. The van der Waals surface area contributed by atoms with Crippen LogP contribution in [0.3, 0.4) is 0 Å². The minimum Gasteiger partial charge on any atom is -0.398 e. The Balaban J connectivity index is 3.08. The maximum absolute atomic E-state index is 6.07. The molecule has 0 aliphatic rings. The van der Waals surface area contributed by atoms with Crippen LogP contribution in [0.25, 0.3) is 0 Å². The maximum Gasteiger partial charge on any atom is 0.0381 e. The summed E-state index contributed by atoms with van der Waals surface area (Å²) in [4.78, 5) is 0. The van der Waals surface area contributed by atoms with E-state index in [0.717, 1.165) is 18.5 Å². The topological polar surface area (TPSA) is 26.0 Å². The summed E-state index contributed by atoms with van der Waals surface area (Å²) in [5, 5.41) is 0. The minimum absolute atomic E-state index is 0.575. The van der Waals surface area contributed by atoms with Crippen LogP contribution in [0.2, 0.25) is 0 Å². The summed E-state index contributed by atoms with van der Waals surface area (Å²) < 4.78 is 0. The second-order valence-corrected chi connectivity index (χ2v) is 3.58. The molecule has 1 heteroatoms. The molecular weight excluding hydrogens is 158 g/mol. The number of nitrogen functional groups attached to an aromatic ring is 1. The lowest BCUT2D eigenvalue weighted by atomic mass is 9.94. The molecule has 13 heavy (non-hydrogen) atoms. The SMILES string of the molecule is CCc1cccc(C(C)CC)c1N. The highest BCUT2D eigenvalue weighted by atomic mass is 14.6. The predicted molar refractivity (Wildman–Crippen MR) is 58.9 cm³/mol. The average Bonchev–Trinajstić information content (AvgIpc) is 2.17. The molecule has 0 aliphatic carbocycles. The van der Waals surface area contributed by atoms with Crippen LogP contribution in [0.15, 0.2) is 18.2 Å². The highest BCUT2D eigenvalue weighted by Crippen LogP contribution is 2.27. The summed E-state index contributed by atoms with van der Waals surface area (Å²) in [5.74, 6) is 0.575. The van der Waals surface area contributed by atoms with Gasteiger partial charge in [-0.2, -0.15) is 0 Å². The summed E-state index contributed by atoms with van der Waals surface area (Å²) >= 11 is 0. The Labute approximate surface area is 81.0 Å². The zero-order valence-corrected chi connectivity index (χ0v) is 8.80. The van der Waals surface area contributed by atoms with Crippen LogP contribution in [0.1, 0.15) is 44.2 Å². The molecule has 1 nitrogen and oxygen atoms in total. The molecule has 0 radical (unpaired) electrons. The first-order chi connectivity index (χ1) is 6.20. The molecular formula is C12H19N. The fourth-order valence-corrected chi connectivity index (χ4v) is 1.59. The lowest BCUT2D eigenvalue weighted by Crippen LogP contribution is -2.01. The number of nitrogens with two attached hydrogens (primary N) is 1. The Morgan fingerprint density at radius 3 is 2.54 bits per heavy atom. The number of aryl methyl sites for hydroxylation is 1. The number of para-hydroxylation sites is 1. The van der Waals surface area contributed by atoms with Crippen LogP contribution < -0.4 is 5.73 Å². The van der Waals surface area contributed by atoms with Crippen molar-refractivity contribution in [2.45, 2.75) is 39.5 Å². The first-order valence-electron chi connectivity index (χ1n) is 5.07. The molecule has 1 rings (SSSR count). The normalized spacial score (nSPS) is 12.8. The Kier molecular flexibility index (Phi) is 3.35. The van der Waals surface area contributed by atoms with Gasteiger partial charge in [0.05, 0.1) is 0 Å². The van der Waals surface area contributed by atoms with Crippen molar-refractivity contribution in [3.63, 3.8) is 0 Å². The monoisotopic (exact) mass is 177 g/mol. The van der Waals surface area contributed by atoms with Crippen LogP contribution in [0.5, 0.6) is 0 Å². The van der Waals surface area contributed by atoms with Gasteiger partial charge in [-0.3, -0.25) is 0 Å². The Morgan fingerprint density at radius 1 is 1.31 bits per heavy atom. The molecule has 1 atom stereocenters. The number of rotatable bonds is 3. The number of hydrogen-bond acceptors (Lipinski definition) is 1. The van der Waals surface area contributed by atoms with Gasteiger partial charge in [0.25, 0.3) is 0 Å². The van der Waals surface area contributed by atoms with Crippen molar-refractivity contribution in [2.75, 3.05) is 5.73 Å². The van der Waals surface area contributed by atoms with Crippen LogP contribution in [0.4, 0.5) is 5.69 Å². The third-order valence-electron chi connectivity index (χ3n) is 2.75. The van der Waals surface area contributed by atoms with Gasteiger partial charge in [0.2, 0.25) is 0 Å². The molecule has 0 fully saturated rings. The molecule has 0 bridgehead atoms. The standard InChI is InChI=1S/C12H19N/c1-4-9(3)11-8-6-7-10(5-2)12(11)13/h6-9H,4-5,13H2,1-3H3. The highest BCUT2D eigenvalue weighted by molar-refractivity contribution is 5.55. The quantitative estimate of drug-likeness (QED) is 0.704. The van der Waals surface area contributed by atoms with Gasteiger partial charge >= 0.3 is 0 Å². The van der Waals surface area contributed by atoms with E-state index < -0.39 is 0 Å². The van der Waals surface area contributed by atoms with Crippen LogP contribution in [-0.4, -0.2) is 0 Å². The van der Waals surface area contributed by atoms with Crippen LogP contribution in [0, 0.1) is 0 Å². The number of anilines is 1. The van der Waals surface area contributed by atoms with Crippen molar-refractivity contribution < 1.29 is 0 Å². The van der Waals surface area contributed by atoms with Crippen molar-refractivity contribution in [1.82, 2.24) is 0 Å². The lowest BCUT2D eigenvalue weighted by molar-refractivity contribution is 0.734. The number of benzene rings is 1. The molecule has 72 valence electrons. The van der Waals surface area contributed by atoms with Crippen molar-refractivity contribution in [2.24, 2.45) is 0 Å². The molecule has 0 saturated carbocycles. The van der Waals surface area contributed by atoms with E-state index in [4.69, 9.17) is 5.73 Å². The highest BCUT2D eigenvalue weighted by Gasteiger charge is 2.08. The fraction of sp³-hybridized carbons (Fsp3) is 0.500. The van der Waals surface area contributed by atoms with Crippen molar-refractivity contribution >= 4 is 5.69 Å². The zero-order valence-electron chi connectivity index (χ0n) is 8.80. The van der Waals surface area contributed by atoms with Gasteiger partial charge in [-0.1, -0.05) is 39.0 Å². The van der Waals surface area contributed by atoms with E-state index in [-0.39, 0.29) is 0 Å². The Morgan fingerprint density at radius 2 is 2.00 bits per heavy atom. The van der Waals surface area contributed by atoms with Gasteiger partial charge in [0, 0.05) is 5.69 Å². The van der Waals surface area contributed by atoms with E-state index in [0.29, 0.717) is 5.92 Å². The molecule has 0 saturated heterocycles. The molecule has 1 unspecified atom stereocenters. The second kappa shape index (κ2) is 4.31. The van der Waals surface area contributed by atoms with E-state index in [2.05, 4.69) is 39.0 Å². The van der Waals surface area contributed by atoms with E-state index in [9.17, 15) is 0 Å². The average molecular weight is 177 g/mol. The van der Waals surface area contributed by atoms with E-state index in [1.807, 2.05) is 0 Å². The Bertz CT molecular complexity index is 278. The van der Waals surface area contributed by atoms with E-state index >= 15 is 0 Å². The molecule has 1 aromatic rings. The number of hydrogen-bond donors (Lipinski definition) is 1. The van der Waals surface area contributed by atoms with Gasteiger partial charge in [0.15, 0.2) is 0 Å². The van der Waals surface area contributed by atoms with Crippen LogP contribution >= 0.6 is 0 Å². The first kappa shape index (κ1) is 10.1. The van der Waals surface area contributed by atoms with Gasteiger partial charge in [-0.25, -0.2) is 0 Å². The summed E-state index contributed by atoms with van der Waals surface area (Å²) in [7, 11) is 0. The summed E-state index contributed by atoms with van der Waals surface area (Å²) in [5.41, 5.74) is 9.65. The summed E-state index contributed by atoms with van der Waals surface area (Å²) in [6.45, 7) is 6.57. The molecule has 1 aromatic carbocycles. The minimum atomic E-state index is 0.575. The molecule has 2 N–H and O–H groups in total. The fourth-order valence-electron chi connectivity index (χ4n) is 1.59. The molecule has 0 spiro atoms. The first-order valence-corrected chi connectivity index (χ1v) is 5.07. The van der Waals surface area contributed by atoms with Crippen molar-refractivity contribution in [1.29, 1.82) is 0 Å². The molecule has 0 amide bonds. The largest absolute Gasteiger partial charge is 0.398 e. The smallest absolute Gasteiger partial charge is 0.0381 e. The van der Waals surface area contributed by atoms with Crippen molar-refractivity contribution in [3.05, 3.63) is 29.3 Å². The zero-order chi connectivity index (χ0) is 9.84. The van der Waals surface area contributed by atoms with Gasteiger partial charge < -0.3 is 5.73 Å². The summed E-state index contributed by atoms with van der Waals surface area (Å²) in [6.07, 6.45) is 2.17. The predicted octanol–water partition coefficient (Wildman–Crippen LogP) is 3.34. The molecule has 0 aromatic heterocycles. The maximum atomic E-state index is 6.07. The molecule has 0 aliphatic heterocycles.